The molecule has 104 valence electrons. The maximum absolute atomic E-state index is 11.8. The van der Waals surface area contributed by atoms with E-state index < -0.39 is 0 Å². The number of carbonyl (C=O) groups excluding carboxylic acids is 1. The van der Waals surface area contributed by atoms with Crippen molar-refractivity contribution in [2.75, 3.05) is 6.61 Å². The second-order valence-electron chi connectivity index (χ2n) is 6.07. The Morgan fingerprint density at radius 2 is 2.11 bits per heavy atom. The topological polar surface area (TPSA) is 52.1 Å². The number of rotatable bonds is 3. The van der Waals surface area contributed by atoms with E-state index >= 15 is 0 Å². The molecule has 4 nitrogen and oxygen atoms in total. The summed E-state index contributed by atoms with van der Waals surface area (Å²) in [5, 5.41) is 0. The third kappa shape index (κ3) is 3.00. The van der Waals surface area contributed by atoms with Crippen LogP contribution in [0.2, 0.25) is 0 Å². The Labute approximate surface area is 114 Å². The van der Waals surface area contributed by atoms with Crippen molar-refractivity contribution in [3.8, 4) is 0 Å². The van der Waals surface area contributed by atoms with Crippen molar-refractivity contribution in [2.24, 2.45) is 5.41 Å². The summed E-state index contributed by atoms with van der Waals surface area (Å²) in [6.07, 6.45) is 3.90. The number of hydrogen-bond donors (Lipinski definition) is 0. The number of hydrogen-bond acceptors (Lipinski definition) is 4. The minimum absolute atomic E-state index is 0.0665. The number of Topliss-reactive ketones (excluding diaryl/α,β-unsaturated/α-hetero) is 1. The molecule has 19 heavy (non-hydrogen) atoms. The minimum Gasteiger partial charge on any atom is -0.370 e. The van der Waals surface area contributed by atoms with Crippen LogP contribution in [0.1, 0.15) is 68.5 Å². The second-order valence-corrected chi connectivity index (χ2v) is 6.07. The second kappa shape index (κ2) is 5.37. The maximum atomic E-state index is 11.8. The number of ketones is 1. The highest BCUT2D eigenvalue weighted by Crippen LogP contribution is 2.34. The van der Waals surface area contributed by atoms with Crippen molar-refractivity contribution >= 4 is 5.78 Å². The standard InChI is InChI=1S/C15H22N2O2/c1-5-19-13(15(2,3)4)14-16-9-10-11(17-14)7-6-8-12(10)18/h9,13H,5-8H2,1-4H3. The Bertz CT molecular complexity index is 478. The lowest BCUT2D eigenvalue weighted by Gasteiger charge is -2.29. The predicted molar refractivity (Wildman–Crippen MR) is 73.1 cm³/mol. The zero-order valence-electron chi connectivity index (χ0n) is 12.2. The van der Waals surface area contributed by atoms with Crippen molar-refractivity contribution in [2.45, 2.75) is 53.1 Å². The number of nitrogens with zero attached hydrogens (tertiary/aromatic N) is 2. The first-order valence-electron chi connectivity index (χ1n) is 6.94. The van der Waals surface area contributed by atoms with E-state index in [-0.39, 0.29) is 17.3 Å². The molecule has 0 amide bonds. The summed E-state index contributed by atoms with van der Waals surface area (Å²) in [4.78, 5) is 20.7. The molecule has 1 atom stereocenters. The van der Waals surface area contributed by atoms with Gasteiger partial charge in [-0.05, 0) is 25.2 Å². The van der Waals surface area contributed by atoms with E-state index in [4.69, 9.17) is 4.74 Å². The van der Waals surface area contributed by atoms with E-state index in [1.54, 1.807) is 6.20 Å². The van der Waals surface area contributed by atoms with Crippen LogP contribution < -0.4 is 0 Å². The zero-order chi connectivity index (χ0) is 14.0. The molecule has 1 aromatic heterocycles. The van der Waals surface area contributed by atoms with Gasteiger partial charge in [0.1, 0.15) is 6.10 Å². The zero-order valence-corrected chi connectivity index (χ0v) is 12.2. The van der Waals surface area contributed by atoms with E-state index in [1.807, 2.05) is 6.92 Å². The van der Waals surface area contributed by atoms with Crippen LogP contribution >= 0.6 is 0 Å². The van der Waals surface area contributed by atoms with E-state index in [0.29, 0.717) is 24.4 Å². The van der Waals surface area contributed by atoms with Gasteiger partial charge in [0.15, 0.2) is 11.6 Å². The third-order valence-corrected chi connectivity index (χ3v) is 3.36. The molecule has 0 fully saturated rings. The lowest BCUT2D eigenvalue weighted by Crippen LogP contribution is -2.25. The van der Waals surface area contributed by atoms with Gasteiger partial charge in [0.05, 0.1) is 11.3 Å². The van der Waals surface area contributed by atoms with Crippen molar-refractivity contribution in [1.82, 2.24) is 9.97 Å². The number of carbonyl (C=O) groups is 1. The van der Waals surface area contributed by atoms with Crippen molar-refractivity contribution in [1.29, 1.82) is 0 Å². The molecular weight excluding hydrogens is 240 g/mol. The van der Waals surface area contributed by atoms with E-state index in [0.717, 1.165) is 18.5 Å². The summed E-state index contributed by atoms with van der Waals surface area (Å²) in [5.41, 5.74) is 1.51. The van der Waals surface area contributed by atoms with Crippen LogP contribution in [0.4, 0.5) is 0 Å². The highest BCUT2D eigenvalue weighted by Gasteiger charge is 2.30. The molecule has 1 aromatic rings. The van der Waals surface area contributed by atoms with Crippen molar-refractivity contribution in [3.63, 3.8) is 0 Å². The smallest absolute Gasteiger partial charge is 0.166 e. The molecule has 1 aliphatic carbocycles. The molecule has 0 saturated carbocycles. The molecule has 0 aromatic carbocycles. The molecule has 0 bridgehead atoms. The van der Waals surface area contributed by atoms with Gasteiger partial charge in [-0.2, -0.15) is 0 Å². The van der Waals surface area contributed by atoms with Crippen LogP contribution in [-0.2, 0) is 11.2 Å². The van der Waals surface area contributed by atoms with E-state index in [1.165, 1.54) is 0 Å². The minimum atomic E-state index is -0.139. The van der Waals surface area contributed by atoms with Crippen LogP contribution in [0.5, 0.6) is 0 Å². The van der Waals surface area contributed by atoms with Gasteiger partial charge in [-0.1, -0.05) is 20.8 Å². The van der Waals surface area contributed by atoms with Crippen LogP contribution in [0.15, 0.2) is 6.20 Å². The summed E-state index contributed by atoms with van der Waals surface area (Å²) in [5.74, 6) is 0.860. The summed E-state index contributed by atoms with van der Waals surface area (Å²) >= 11 is 0. The van der Waals surface area contributed by atoms with Crippen LogP contribution in [0.25, 0.3) is 0 Å². The number of ether oxygens (including phenoxy) is 1. The lowest BCUT2D eigenvalue weighted by molar-refractivity contribution is -0.0193. The first-order valence-corrected chi connectivity index (χ1v) is 6.94. The fourth-order valence-corrected chi connectivity index (χ4v) is 2.41. The lowest BCUT2D eigenvalue weighted by atomic mass is 9.88. The molecule has 0 aliphatic heterocycles. The molecule has 2 rings (SSSR count). The maximum Gasteiger partial charge on any atom is 0.166 e. The first-order chi connectivity index (χ1) is 8.93. The SMILES string of the molecule is CCOC(c1ncc2c(n1)CCCC2=O)C(C)(C)C. The largest absolute Gasteiger partial charge is 0.370 e. The quantitative estimate of drug-likeness (QED) is 0.839. The monoisotopic (exact) mass is 262 g/mol. The molecule has 4 heteroatoms. The highest BCUT2D eigenvalue weighted by molar-refractivity contribution is 5.97. The highest BCUT2D eigenvalue weighted by atomic mass is 16.5. The fourth-order valence-electron chi connectivity index (χ4n) is 2.41. The molecule has 0 radical (unpaired) electrons. The molecule has 1 unspecified atom stereocenters. The van der Waals surface area contributed by atoms with Gasteiger partial charge < -0.3 is 4.74 Å². The van der Waals surface area contributed by atoms with Crippen LogP contribution in [-0.4, -0.2) is 22.4 Å². The summed E-state index contributed by atoms with van der Waals surface area (Å²) in [6.45, 7) is 8.94. The van der Waals surface area contributed by atoms with Gasteiger partial charge in [0, 0.05) is 19.2 Å². The number of aromatic nitrogens is 2. The summed E-state index contributed by atoms with van der Waals surface area (Å²) in [7, 11) is 0. The third-order valence-electron chi connectivity index (χ3n) is 3.36. The van der Waals surface area contributed by atoms with Crippen LogP contribution in [0.3, 0.4) is 0 Å². The van der Waals surface area contributed by atoms with Crippen LogP contribution in [0, 0.1) is 5.41 Å². The van der Waals surface area contributed by atoms with Gasteiger partial charge in [-0.15, -0.1) is 0 Å². The number of aryl methyl sites for hydroxylation is 1. The Balaban J connectivity index is 2.37. The first kappa shape index (κ1) is 14.1. The average molecular weight is 262 g/mol. The molecule has 0 N–H and O–H groups in total. The normalized spacial score (nSPS) is 17.2. The predicted octanol–water partition coefficient (Wildman–Crippen LogP) is 3.12. The molecular formula is C15H22N2O2. The van der Waals surface area contributed by atoms with E-state index in [2.05, 4.69) is 30.7 Å². The fraction of sp³-hybridized carbons (Fsp3) is 0.667. The van der Waals surface area contributed by atoms with Gasteiger partial charge in [0.2, 0.25) is 0 Å². The molecule has 0 spiro atoms. The molecule has 1 aliphatic rings. The summed E-state index contributed by atoms with van der Waals surface area (Å²) in [6, 6.07) is 0. The average Bonchev–Trinajstić information content (AvgIpc) is 2.34. The van der Waals surface area contributed by atoms with Gasteiger partial charge >= 0.3 is 0 Å². The molecule has 0 saturated heterocycles. The summed E-state index contributed by atoms with van der Waals surface area (Å²) < 4.78 is 5.80. The Morgan fingerprint density at radius 1 is 1.37 bits per heavy atom. The van der Waals surface area contributed by atoms with Crippen molar-refractivity contribution < 1.29 is 9.53 Å². The molecule has 1 heterocycles. The van der Waals surface area contributed by atoms with Crippen molar-refractivity contribution in [3.05, 3.63) is 23.3 Å². The van der Waals surface area contributed by atoms with Gasteiger partial charge in [0.25, 0.3) is 0 Å². The Kier molecular flexibility index (Phi) is 3.99. The van der Waals surface area contributed by atoms with E-state index in [9.17, 15) is 4.79 Å². The Morgan fingerprint density at radius 3 is 2.74 bits per heavy atom. The number of fused-ring (bicyclic) bond motifs is 1. The Hall–Kier alpha value is -1.29. The van der Waals surface area contributed by atoms with Gasteiger partial charge in [-0.3, -0.25) is 4.79 Å². The van der Waals surface area contributed by atoms with Gasteiger partial charge in [-0.25, -0.2) is 9.97 Å².